The average Bonchev–Trinajstić information content (AvgIpc) is 2.33. The highest BCUT2D eigenvalue weighted by atomic mass is 14.3. The van der Waals surface area contributed by atoms with Crippen LogP contribution in [0.3, 0.4) is 0 Å². The first-order valence-corrected chi connectivity index (χ1v) is 8.25. The summed E-state index contributed by atoms with van der Waals surface area (Å²) in [5.74, 6) is 0.870. The molecule has 0 bridgehead atoms. The zero-order valence-electron chi connectivity index (χ0n) is 14.2. The van der Waals surface area contributed by atoms with Crippen LogP contribution in [0.25, 0.3) is 0 Å². The number of rotatable bonds is 10. The van der Waals surface area contributed by atoms with Gasteiger partial charge in [-0.05, 0) is 23.2 Å². The van der Waals surface area contributed by atoms with Crippen LogP contribution in [0.5, 0.6) is 0 Å². The van der Waals surface area contributed by atoms with Crippen LogP contribution >= 0.6 is 0 Å². The monoisotopic (exact) mass is 254 g/mol. The molecule has 0 amide bonds. The van der Waals surface area contributed by atoms with Gasteiger partial charge in [-0.2, -0.15) is 0 Å². The number of hydrogen-bond donors (Lipinski definition) is 0. The Morgan fingerprint density at radius 1 is 0.778 bits per heavy atom. The molecule has 110 valence electrons. The van der Waals surface area contributed by atoms with Crippen molar-refractivity contribution in [1.82, 2.24) is 0 Å². The first kappa shape index (κ1) is 18.0. The molecule has 0 aliphatic rings. The van der Waals surface area contributed by atoms with Crippen molar-refractivity contribution < 1.29 is 0 Å². The molecule has 0 aliphatic carbocycles. The van der Waals surface area contributed by atoms with Gasteiger partial charge in [0.05, 0.1) is 0 Å². The highest BCUT2D eigenvalue weighted by molar-refractivity contribution is 4.73. The highest BCUT2D eigenvalue weighted by Gasteiger charge is 2.22. The van der Waals surface area contributed by atoms with Crippen molar-refractivity contribution in [1.29, 1.82) is 0 Å². The molecular weight excluding hydrogens is 216 g/mol. The Morgan fingerprint density at radius 3 is 1.83 bits per heavy atom. The van der Waals surface area contributed by atoms with Gasteiger partial charge in [0.1, 0.15) is 0 Å². The summed E-state index contributed by atoms with van der Waals surface area (Å²) in [5, 5.41) is 0. The van der Waals surface area contributed by atoms with Gasteiger partial charge in [-0.1, -0.05) is 93.4 Å². The van der Waals surface area contributed by atoms with Crippen molar-refractivity contribution >= 4 is 0 Å². The van der Waals surface area contributed by atoms with E-state index in [1.807, 2.05) is 0 Å². The molecule has 0 aromatic rings. The summed E-state index contributed by atoms with van der Waals surface area (Å²) in [6.45, 7) is 16.7. The largest absolute Gasteiger partial charge is 0.0649 e. The van der Waals surface area contributed by atoms with Gasteiger partial charge in [0, 0.05) is 0 Å². The maximum absolute atomic E-state index is 2.43. The van der Waals surface area contributed by atoms with E-state index in [4.69, 9.17) is 0 Å². The summed E-state index contributed by atoms with van der Waals surface area (Å²) in [6.07, 6.45) is 11.2. The second-order valence-corrected chi connectivity index (χ2v) is 7.71. The van der Waals surface area contributed by atoms with Gasteiger partial charge >= 0.3 is 0 Å². The van der Waals surface area contributed by atoms with Crippen LogP contribution in [0.2, 0.25) is 0 Å². The quantitative estimate of drug-likeness (QED) is 0.374. The predicted molar refractivity (Wildman–Crippen MR) is 85.0 cm³/mol. The third-order valence-electron chi connectivity index (χ3n) is 5.44. The first-order chi connectivity index (χ1) is 8.25. The van der Waals surface area contributed by atoms with Gasteiger partial charge in [-0.15, -0.1) is 0 Å². The minimum absolute atomic E-state index is 0.532. The molecular formula is C18H38. The van der Waals surface area contributed by atoms with Gasteiger partial charge in [0.25, 0.3) is 0 Å². The molecule has 0 aromatic carbocycles. The van der Waals surface area contributed by atoms with Gasteiger partial charge < -0.3 is 0 Å². The van der Waals surface area contributed by atoms with Crippen molar-refractivity contribution in [2.75, 3.05) is 0 Å². The lowest BCUT2D eigenvalue weighted by molar-refractivity contribution is 0.204. The standard InChI is InChI=1S/C18H38/c1-8-17(4,5)15-13-11-10-12-14-16(3)18(6,7)9-2/h16H,8-15H2,1-7H3. The van der Waals surface area contributed by atoms with Crippen molar-refractivity contribution in [3.8, 4) is 0 Å². The molecule has 0 N–H and O–H groups in total. The van der Waals surface area contributed by atoms with E-state index in [2.05, 4.69) is 48.5 Å². The van der Waals surface area contributed by atoms with Gasteiger partial charge in [0.15, 0.2) is 0 Å². The fraction of sp³-hybridized carbons (Fsp3) is 1.00. The number of unbranched alkanes of at least 4 members (excludes halogenated alkanes) is 3. The van der Waals surface area contributed by atoms with E-state index in [0.29, 0.717) is 10.8 Å². The van der Waals surface area contributed by atoms with E-state index in [0.717, 1.165) is 5.92 Å². The van der Waals surface area contributed by atoms with Crippen LogP contribution in [0.15, 0.2) is 0 Å². The Bertz CT molecular complexity index is 200. The summed E-state index contributed by atoms with van der Waals surface area (Å²) in [4.78, 5) is 0. The average molecular weight is 255 g/mol. The first-order valence-electron chi connectivity index (χ1n) is 8.25. The maximum Gasteiger partial charge on any atom is -0.0331 e. The fourth-order valence-corrected chi connectivity index (χ4v) is 2.32. The molecule has 0 fully saturated rings. The summed E-state index contributed by atoms with van der Waals surface area (Å²) in [5.41, 5.74) is 1.10. The van der Waals surface area contributed by atoms with Gasteiger partial charge in [-0.25, -0.2) is 0 Å². The van der Waals surface area contributed by atoms with Crippen LogP contribution in [0.4, 0.5) is 0 Å². The SMILES string of the molecule is CCC(C)(C)CCCCCCC(C)C(C)(C)CC. The second-order valence-electron chi connectivity index (χ2n) is 7.71. The van der Waals surface area contributed by atoms with E-state index in [1.165, 1.54) is 51.4 Å². The van der Waals surface area contributed by atoms with E-state index in [9.17, 15) is 0 Å². The van der Waals surface area contributed by atoms with E-state index < -0.39 is 0 Å². The second kappa shape index (κ2) is 8.23. The highest BCUT2D eigenvalue weighted by Crippen LogP contribution is 2.34. The molecule has 0 heterocycles. The van der Waals surface area contributed by atoms with E-state index >= 15 is 0 Å². The Balaban J connectivity index is 3.58. The minimum atomic E-state index is 0.532. The van der Waals surface area contributed by atoms with Crippen LogP contribution in [-0.4, -0.2) is 0 Å². The zero-order chi connectivity index (χ0) is 14.2. The molecule has 0 heteroatoms. The minimum Gasteiger partial charge on any atom is -0.0649 e. The maximum atomic E-state index is 2.43. The Morgan fingerprint density at radius 2 is 1.33 bits per heavy atom. The van der Waals surface area contributed by atoms with Crippen molar-refractivity contribution in [2.24, 2.45) is 16.7 Å². The lowest BCUT2D eigenvalue weighted by Gasteiger charge is -2.30. The summed E-state index contributed by atoms with van der Waals surface area (Å²) in [7, 11) is 0. The molecule has 0 rings (SSSR count). The number of hydrogen-bond acceptors (Lipinski definition) is 0. The normalized spacial score (nSPS) is 14.8. The smallest absolute Gasteiger partial charge is 0.0331 e. The molecule has 0 radical (unpaired) electrons. The summed E-state index contributed by atoms with van der Waals surface area (Å²) >= 11 is 0. The molecule has 1 unspecified atom stereocenters. The third-order valence-corrected chi connectivity index (χ3v) is 5.44. The van der Waals surface area contributed by atoms with Gasteiger partial charge in [-0.3, -0.25) is 0 Å². The van der Waals surface area contributed by atoms with Crippen molar-refractivity contribution in [3.63, 3.8) is 0 Å². The van der Waals surface area contributed by atoms with Crippen molar-refractivity contribution in [2.45, 2.75) is 99.8 Å². The topological polar surface area (TPSA) is 0 Å². The Labute approximate surface area is 117 Å². The molecule has 0 saturated heterocycles. The summed E-state index contributed by atoms with van der Waals surface area (Å²) < 4.78 is 0. The molecule has 1 atom stereocenters. The Kier molecular flexibility index (Phi) is 8.23. The molecule has 0 spiro atoms. The fourth-order valence-electron chi connectivity index (χ4n) is 2.32. The zero-order valence-corrected chi connectivity index (χ0v) is 14.2. The predicted octanol–water partition coefficient (Wildman–Crippen LogP) is 6.84. The van der Waals surface area contributed by atoms with Crippen LogP contribution < -0.4 is 0 Å². The summed E-state index contributed by atoms with van der Waals surface area (Å²) in [6, 6.07) is 0. The van der Waals surface area contributed by atoms with Crippen LogP contribution in [-0.2, 0) is 0 Å². The van der Waals surface area contributed by atoms with Crippen LogP contribution in [0.1, 0.15) is 99.8 Å². The molecule has 18 heavy (non-hydrogen) atoms. The van der Waals surface area contributed by atoms with E-state index in [-0.39, 0.29) is 0 Å². The van der Waals surface area contributed by atoms with Gasteiger partial charge in [0.2, 0.25) is 0 Å². The molecule has 0 nitrogen and oxygen atoms in total. The lowest BCUT2D eigenvalue weighted by atomic mass is 9.75. The van der Waals surface area contributed by atoms with E-state index in [1.54, 1.807) is 0 Å². The van der Waals surface area contributed by atoms with Crippen LogP contribution in [0, 0.1) is 16.7 Å². The lowest BCUT2D eigenvalue weighted by Crippen LogP contribution is -2.20. The molecule has 0 saturated carbocycles. The third kappa shape index (κ3) is 7.44. The molecule has 0 aliphatic heterocycles. The molecule has 0 aromatic heterocycles. The Hall–Kier alpha value is 0. The van der Waals surface area contributed by atoms with Crippen molar-refractivity contribution in [3.05, 3.63) is 0 Å².